The van der Waals surface area contributed by atoms with Crippen LogP contribution in [0.4, 0.5) is 24.8 Å². The molecule has 0 aliphatic rings. The van der Waals surface area contributed by atoms with E-state index in [0.717, 1.165) is 16.8 Å². The number of carbonyl (C=O) groups excluding carboxylic acids is 2. The summed E-state index contributed by atoms with van der Waals surface area (Å²) < 4.78 is 43.4. The van der Waals surface area contributed by atoms with Crippen LogP contribution in [-0.4, -0.2) is 43.4 Å². The highest BCUT2D eigenvalue weighted by atomic mass is 35.5. The van der Waals surface area contributed by atoms with E-state index in [4.69, 9.17) is 11.6 Å². The van der Waals surface area contributed by atoms with Gasteiger partial charge in [-0.3, -0.25) is 19.9 Å². The number of alkyl halides is 3. The van der Waals surface area contributed by atoms with Crippen molar-refractivity contribution in [1.82, 2.24) is 25.2 Å². The first-order valence-electron chi connectivity index (χ1n) is 8.00. The molecule has 0 unspecified atom stereocenters. The van der Waals surface area contributed by atoms with Gasteiger partial charge in [-0.25, -0.2) is 4.68 Å². The summed E-state index contributed by atoms with van der Waals surface area (Å²) in [7, 11) is 1.45. The van der Waals surface area contributed by atoms with Gasteiger partial charge in [0.2, 0.25) is 5.95 Å². The molecule has 2 amide bonds. The van der Waals surface area contributed by atoms with Crippen molar-refractivity contribution in [3.63, 3.8) is 0 Å². The maximum atomic E-state index is 12.8. The summed E-state index contributed by atoms with van der Waals surface area (Å²) >= 11 is 6.15. The molecule has 0 bridgehead atoms. The van der Waals surface area contributed by atoms with Crippen LogP contribution < -0.4 is 15.4 Å². The van der Waals surface area contributed by atoms with Crippen molar-refractivity contribution in [2.75, 3.05) is 10.6 Å². The molecule has 1 aromatic carbocycles. The summed E-state index contributed by atoms with van der Waals surface area (Å²) in [5.74, 6) is -2.54. The van der Waals surface area contributed by atoms with Crippen molar-refractivity contribution in [2.24, 2.45) is 7.05 Å². The number of tetrazole rings is 1. The molecule has 30 heavy (non-hydrogen) atoms. The number of ether oxygens (including phenoxy) is 1. The molecule has 0 spiro atoms. The van der Waals surface area contributed by atoms with Crippen LogP contribution >= 0.6 is 11.6 Å². The molecule has 156 valence electrons. The minimum Gasteiger partial charge on any atom is -0.404 e. The zero-order chi connectivity index (χ0) is 21.9. The fraction of sp³-hybridized carbons (Fsp3) is 0.125. The van der Waals surface area contributed by atoms with E-state index in [1.54, 1.807) is 6.07 Å². The second kappa shape index (κ2) is 8.32. The van der Waals surface area contributed by atoms with Crippen molar-refractivity contribution in [3.05, 3.63) is 52.8 Å². The molecule has 10 nitrogen and oxygen atoms in total. The first-order chi connectivity index (χ1) is 14.2. The number of anilines is 2. The van der Waals surface area contributed by atoms with Gasteiger partial charge < -0.3 is 10.1 Å². The highest BCUT2D eigenvalue weighted by Gasteiger charge is 2.34. The molecule has 14 heteroatoms. The quantitative estimate of drug-likeness (QED) is 0.623. The van der Waals surface area contributed by atoms with E-state index in [9.17, 15) is 22.8 Å². The van der Waals surface area contributed by atoms with Gasteiger partial charge in [0, 0.05) is 13.2 Å². The molecule has 0 aliphatic heterocycles. The van der Waals surface area contributed by atoms with Crippen molar-refractivity contribution in [3.8, 4) is 5.75 Å². The minimum absolute atomic E-state index is 0.0363. The predicted molar refractivity (Wildman–Crippen MR) is 97.1 cm³/mol. The van der Waals surface area contributed by atoms with Crippen molar-refractivity contribution in [1.29, 1.82) is 0 Å². The number of benzene rings is 1. The van der Waals surface area contributed by atoms with Gasteiger partial charge >= 0.3 is 6.36 Å². The Labute approximate surface area is 171 Å². The number of hydrogen-bond donors (Lipinski definition) is 2. The number of hydrogen-bond acceptors (Lipinski definition) is 7. The monoisotopic (exact) mass is 441 g/mol. The number of nitrogens with one attached hydrogen (secondary N) is 2. The van der Waals surface area contributed by atoms with Crippen LogP contribution in [0.2, 0.25) is 5.02 Å². The summed E-state index contributed by atoms with van der Waals surface area (Å²) in [6.07, 6.45) is -3.75. The molecule has 0 atom stereocenters. The number of aromatic nitrogens is 5. The van der Waals surface area contributed by atoms with Gasteiger partial charge in [0.15, 0.2) is 5.75 Å². The summed E-state index contributed by atoms with van der Waals surface area (Å²) in [5, 5.41) is 14.5. The van der Waals surface area contributed by atoms with Crippen LogP contribution in [0.15, 0.2) is 36.5 Å². The van der Waals surface area contributed by atoms with Crippen LogP contribution in [0, 0.1) is 0 Å². The Morgan fingerprint density at radius 3 is 2.50 bits per heavy atom. The Morgan fingerprint density at radius 1 is 1.13 bits per heavy atom. The number of rotatable bonds is 5. The third kappa shape index (κ3) is 4.81. The van der Waals surface area contributed by atoms with E-state index >= 15 is 0 Å². The highest BCUT2D eigenvalue weighted by Crippen LogP contribution is 2.38. The number of nitrogens with zero attached hydrogens (tertiary/aromatic N) is 5. The maximum absolute atomic E-state index is 12.8. The van der Waals surface area contributed by atoms with Gasteiger partial charge in [-0.1, -0.05) is 22.8 Å². The molecule has 0 radical (unpaired) electrons. The zero-order valence-corrected chi connectivity index (χ0v) is 15.7. The number of aryl methyl sites for hydroxylation is 1. The van der Waals surface area contributed by atoms with Crippen LogP contribution in [0.1, 0.15) is 20.8 Å². The summed E-state index contributed by atoms with van der Waals surface area (Å²) in [6, 6.07) is 6.24. The number of pyridine rings is 1. The largest absolute Gasteiger partial charge is 0.573 e. The normalized spacial score (nSPS) is 11.1. The third-order valence-corrected chi connectivity index (χ3v) is 3.95. The Balaban J connectivity index is 1.98. The third-order valence-electron chi connectivity index (χ3n) is 3.56. The number of amides is 2. The lowest BCUT2D eigenvalue weighted by atomic mass is 10.1. The molecule has 0 fully saturated rings. The molecule has 3 rings (SSSR count). The molecule has 0 aliphatic carbocycles. The van der Waals surface area contributed by atoms with Crippen molar-refractivity contribution in [2.45, 2.75) is 6.36 Å². The Kier molecular flexibility index (Phi) is 5.82. The second-order valence-electron chi connectivity index (χ2n) is 5.60. The predicted octanol–water partition coefficient (Wildman–Crippen LogP) is 2.66. The van der Waals surface area contributed by atoms with E-state index in [2.05, 4.69) is 35.9 Å². The minimum atomic E-state index is -5.07. The lowest BCUT2D eigenvalue weighted by Gasteiger charge is -2.17. The lowest BCUT2D eigenvalue weighted by molar-refractivity contribution is -0.274. The van der Waals surface area contributed by atoms with E-state index in [1.165, 1.54) is 25.4 Å². The summed E-state index contributed by atoms with van der Waals surface area (Å²) in [5.41, 5.74) is -0.912. The lowest BCUT2D eigenvalue weighted by Crippen LogP contribution is -2.22. The van der Waals surface area contributed by atoms with Crippen LogP contribution in [-0.2, 0) is 7.05 Å². The van der Waals surface area contributed by atoms with Gasteiger partial charge in [0.05, 0.1) is 10.6 Å². The fourth-order valence-electron chi connectivity index (χ4n) is 2.24. The van der Waals surface area contributed by atoms with Crippen LogP contribution in [0.3, 0.4) is 0 Å². The zero-order valence-electron chi connectivity index (χ0n) is 14.9. The van der Waals surface area contributed by atoms with Gasteiger partial charge in [0.1, 0.15) is 11.4 Å². The molecule has 3 aromatic rings. The summed E-state index contributed by atoms with van der Waals surface area (Å²) in [6.45, 7) is 0. The topological polar surface area (TPSA) is 124 Å². The van der Waals surface area contributed by atoms with Gasteiger partial charge in [-0.15, -0.1) is 13.2 Å². The Morgan fingerprint density at radius 2 is 1.90 bits per heavy atom. The highest BCUT2D eigenvalue weighted by molar-refractivity contribution is 6.38. The molecule has 0 saturated carbocycles. The molecule has 2 heterocycles. The average molecular weight is 442 g/mol. The average Bonchev–Trinajstić information content (AvgIpc) is 3.08. The van der Waals surface area contributed by atoms with Crippen molar-refractivity contribution < 1.29 is 27.5 Å². The first kappa shape index (κ1) is 21.0. The summed E-state index contributed by atoms with van der Waals surface area (Å²) in [4.78, 5) is 28.7. The van der Waals surface area contributed by atoms with E-state index < -0.39 is 34.6 Å². The molecular formula is C16H11ClF3N7O3. The van der Waals surface area contributed by atoms with E-state index in [-0.39, 0.29) is 17.2 Å². The van der Waals surface area contributed by atoms with E-state index in [1.807, 2.05) is 0 Å². The van der Waals surface area contributed by atoms with Crippen LogP contribution in [0.5, 0.6) is 5.75 Å². The standard InChI is InChI=1S/C16H11ClF3N7O3/c1-27-15(24-25-26-27)23-13(28)8-5-6-10(30-16(18,19)20)12(11(8)17)22-14(29)9-4-2-3-7-21-9/h2-7H,1H3,(H,22,29)(H,23,24,26,28). The smallest absolute Gasteiger partial charge is 0.404 e. The van der Waals surface area contributed by atoms with Crippen molar-refractivity contribution >= 4 is 35.1 Å². The molecule has 0 saturated heterocycles. The van der Waals surface area contributed by atoms with E-state index in [0.29, 0.717) is 0 Å². The Bertz CT molecular complexity index is 1090. The Hall–Kier alpha value is -3.74. The molecule has 2 N–H and O–H groups in total. The van der Waals surface area contributed by atoms with Crippen LogP contribution in [0.25, 0.3) is 0 Å². The maximum Gasteiger partial charge on any atom is 0.573 e. The SMILES string of the molecule is Cn1nnnc1NC(=O)c1ccc(OC(F)(F)F)c(NC(=O)c2ccccn2)c1Cl. The van der Waals surface area contributed by atoms with Gasteiger partial charge in [0.25, 0.3) is 11.8 Å². The first-order valence-corrected chi connectivity index (χ1v) is 8.38. The molecular weight excluding hydrogens is 431 g/mol. The number of halogens is 4. The molecule has 2 aromatic heterocycles. The second-order valence-corrected chi connectivity index (χ2v) is 5.98. The fourth-order valence-corrected chi connectivity index (χ4v) is 2.53. The van der Waals surface area contributed by atoms with Gasteiger partial charge in [-0.2, -0.15) is 0 Å². The van der Waals surface area contributed by atoms with Gasteiger partial charge in [-0.05, 0) is 34.7 Å². The number of carbonyl (C=O) groups is 2.